The smallest absolute Gasteiger partial charge is 0.756 e. The Morgan fingerprint density at radius 3 is 1.78 bits per heavy atom. The van der Waals surface area contributed by atoms with Crippen molar-refractivity contribution in [2.45, 2.75) is 6.92 Å². The fourth-order valence-electron chi connectivity index (χ4n) is 1.07. The molecular formula is C12H22NaO9P. The van der Waals surface area contributed by atoms with Crippen molar-refractivity contribution in [2.75, 3.05) is 52.9 Å². The molecule has 0 fully saturated rings. The zero-order chi connectivity index (χ0) is 16.8. The summed E-state index contributed by atoms with van der Waals surface area (Å²) in [5.74, 6) is -0.449. The van der Waals surface area contributed by atoms with Gasteiger partial charge >= 0.3 is 35.5 Å². The number of phosphoric ester groups is 1. The molecule has 0 heterocycles. The first-order chi connectivity index (χ1) is 10.3. The van der Waals surface area contributed by atoms with Gasteiger partial charge in [0.1, 0.15) is 6.61 Å². The molecule has 1 N–H and O–H groups in total. The van der Waals surface area contributed by atoms with E-state index in [2.05, 4.69) is 11.1 Å². The largest absolute Gasteiger partial charge is 1.00 e. The number of phosphoric acid groups is 1. The van der Waals surface area contributed by atoms with Gasteiger partial charge in [0, 0.05) is 5.57 Å². The second-order valence-corrected chi connectivity index (χ2v) is 5.25. The summed E-state index contributed by atoms with van der Waals surface area (Å²) < 4.78 is 34.4. The van der Waals surface area contributed by atoms with Crippen LogP contribution in [0.4, 0.5) is 0 Å². The van der Waals surface area contributed by atoms with Crippen molar-refractivity contribution in [1.29, 1.82) is 0 Å². The molecule has 0 spiro atoms. The minimum absolute atomic E-state index is 0. The first kappa shape index (κ1) is 25.4. The fraction of sp³-hybridized carbons (Fsp3) is 0.750. The number of esters is 1. The van der Waals surface area contributed by atoms with Crippen molar-refractivity contribution >= 4 is 13.8 Å². The Morgan fingerprint density at radius 1 is 1.00 bits per heavy atom. The van der Waals surface area contributed by atoms with Gasteiger partial charge in [-0.1, -0.05) is 6.58 Å². The summed E-state index contributed by atoms with van der Waals surface area (Å²) in [6.07, 6.45) is 0. The Labute approximate surface area is 157 Å². The van der Waals surface area contributed by atoms with Gasteiger partial charge < -0.3 is 33.3 Å². The van der Waals surface area contributed by atoms with Crippen molar-refractivity contribution in [2.24, 2.45) is 0 Å². The summed E-state index contributed by atoms with van der Waals surface area (Å²) in [4.78, 5) is 29.5. The number of ether oxygens (including phenoxy) is 4. The quantitative estimate of drug-likeness (QED) is 0.111. The van der Waals surface area contributed by atoms with Gasteiger partial charge in [-0.2, -0.15) is 0 Å². The van der Waals surface area contributed by atoms with E-state index in [4.69, 9.17) is 23.8 Å². The average molecular weight is 364 g/mol. The van der Waals surface area contributed by atoms with Gasteiger partial charge in [0.15, 0.2) is 0 Å². The molecule has 0 aromatic carbocycles. The number of carbonyl (C=O) groups is 1. The van der Waals surface area contributed by atoms with Crippen LogP contribution in [0.15, 0.2) is 12.2 Å². The standard InChI is InChI=1S/C12H23O9P.Na/c1-11(2)12(13)20-9-7-18-5-3-17-4-6-19-8-10-21-22(14,15)16;/h1,3-10H2,2H3,(H2,14,15,16);/q;+1/p-1. The molecule has 0 aliphatic carbocycles. The number of hydrogen-bond donors (Lipinski definition) is 1. The molecule has 0 aliphatic rings. The fourth-order valence-corrected chi connectivity index (χ4v) is 1.38. The van der Waals surface area contributed by atoms with Crippen LogP contribution in [-0.4, -0.2) is 63.7 Å². The molecule has 0 aliphatic heterocycles. The van der Waals surface area contributed by atoms with Crippen LogP contribution in [0.25, 0.3) is 0 Å². The maximum absolute atomic E-state index is 11.0. The zero-order valence-corrected chi connectivity index (χ0v) is 16.4. The van der Waals surface area contributed by atoms with Crippen LogP contribution in [0, 0.1) is 0 Å². The summed E-state index contributed by atoms with van der Waals surface area (Å²) in [6, 6.07) is 0. The number of rotatable bonds is 14. The van der Waals surface area contributed by atoms with Crippen molar-refractivity contribution in [3.05, 3.63) is 12.2 Å². The van der Waals surface area contributed by atoms with Gasteiger partial charge in [-0.15, -0.1) is 0 Å². The molecule has 1 unspecified atom stereocenters. The van der Waals surface area contributed by atoms with Crippen LogP contribution in [0.2, 0.25) is 0 Å². The zero-order valence-electron chi connectivity index (χ0n) is 13.5. The summed E-state index contributed by atoms with van der Waals surface area (Å²) in [5, 5.41) is 0. The predicted octanol–water partition coefficient (Wildman–Crippen LogP) is -3.36. The molecule has 0 bridgehead atoms. The van der Waals surface area contributed by atoms with Crippen molar-refractivity contribution in [1.82, 2.24) is 0 Å². The van der Waals surface area contributed by atoms with E-state index in [0.717, 1.165) is 0 Å². The normalized spacial score (nSPS) is 13.0. The number of hydrogen-bond acceptors (Lipinski definition) is 8. The first-order valence-corrected chi connectivity index (χ1v) is 8.06. The molecule has 9 nitrogen and oxygen atoms in total. The molecule has 0 saturated heterocycles. The van der Waals surface area contributed by atoms with E-state index in [1.807, 2.05) is 0 Å². The Hall–Kier alpha value is 0.200. The van der Waals surface area contributed by atoms with Gasteiger partial charge in [0.25, 0.3) is 7.82 Å². The van der Waals surface area contributed by atoms with Gasteiger partial charge in [-0.05, 0) is 6.92 Å². The van der Waals surface area contributed by atoms with Crippen molar-refractivity contribution in [3.8, 4) is 0 Å². The van der Waals surface area contributed by atoms with Crippen LogP contribution in [0.3, 0.4) is 0 Å². The maximum atomic E-state index is 11.0. The molecule has 1 atom stereocenters. The van der Waals surface area contributed by atoms with E-state index in [9.17, 15) is 14.3 Å². The van der Waals surface area contributed by atoms with Gasteiger partial charge in [0.2, 0.25) is 0 Å². The van der Waals surface area contributed by atoms with E-state index in [1.54, 1.807) is 6.92 Å². The summed E-state index contributed by atoms with van der Waals surface area (Å²) in [7, 11) is -4.67. The molecule has 23 heavy (non-hydrogen) atoms. The third kappa shape index (κ3) is 20.2. The Bertz CT molecular complexity index is 372. The molecule has 0 aromatic heterocycles. The van der Waals surface area contributed by atoms with Crippen LogP contribution in [0.5, 0.6) is 0 Å². The average Bonchev–Trinajstić information content (AvgIpc) is 2.42. The van der Waals surface area contributed by atoms with Gasteiger partial charge in [0.05, 0.1) is 46.2 Å². The van der Waals surface area contributed by atoms with Gasteiger partial charge in [-0.25, -0.2) is 4.79 Å². The van der Waals surface area contributed by atoms with Crippen LogP contribution < -0.4 is 34.5 Å². The molecule has 0 radical (unpaired) electrons. The Kier molecular flexibility index (Phi) is 17.4. The first-order valence-electron chi connectivity index (χ1n) is 6.57. The van der Waals surface area contributed by atoms with E-state index >= 15 is 0 Å². The Morgan fingerprint density at radius 2 is 1.39 bits per heavy atom. The predicted molar refractivity (Wildman–Crippen MR) is 74.0 cm³/mol. The molecule has 11 heteroatoms. The molecule has 0 aromatic rings. The van der Waals surface area contributed by atoms with Crippen LogP contribution in [-0.2, 0) is 32.8 Å². The van der Waals surface area contributed by atoms with Gasteiger partial charge in [-0.3, -0.25) is 4.57 Å². The van der Waals surface area contributed by atoms with Crippen LogP contribution >= 0.6 is 7.82 Å². The third-order valence-corrected chi connectivity index (χ3v) is 2.54. The SMILES string of the molecule is C=C(C)C(=O)OCCOCCOCCOCCOP(=O)([O-])O.[Na+]. The van der Waals surface area contributed by atoms with E-state index in [0.29, 0.717) is 25.4 Å². The summed E-state index contributed by atoms with van der Waals surface area (Å²) in [6.45, 7) is 6.48. The van der Waals surface area contributed by atoms with Crippen molar-refractivity contribution < 1.29 is 72.2 Å². The van der Waals surface area contributed by atoms with Crippen LogP contribution in [0.1, 0.15) is 6.92 Å². The molecule has 0 saturated carbocycles. The molecule has 0 rings (SSSR count). The minimum atomic E-state index is -4.67. The molecule has 0 amide bonds. The van der Waals surface area contributed by atoms with E-state index < -0.39 is 13.8 Å². The number of carbonyl (C=O) groups excluding carboxylic acids is 1. The Balaban J connectivity index is 0. The van der Waals surface area contributed by atoms with Crippen molar-refractivity contribution in [3.63, 3.8) is 0 Å². The van der Waals surface area contributed by atoms with E-state index in [-0.39, 0.29) is 62.6 Å². The second kappa shape index (κ2) is 15.7. The maximum Gasteiger partial charge on any atom is 1.00 e. The van der Waals surface area contributed by atoms with E-state index in [1.165, 1.54) is 0 Å². The minimum Gasteiger partial charge on any atom is -0.756 e. The molecular weight excluding hydrogens is 342 g/mol. The molecule has 130 valence electrons. The third-order valence-electron chi connectivity index (χ3n) is 2.04. The summed E-state index contributed by atoms with van der Waals surface area (Å²) in [5.41, 5.74) is 0.339. The summed E-state index contributed by atoms with van der Waals surface area (Å²) >= 11 is 0. The monoisotopic (exact) mass is 364 g/mol. The topological polar surface area (TPSA) is 124 Å². The second-order valence-electron chi connectivity index (χ2n) is 4.06.